The molecule has 0 atom stereocenters. The lowest BCUT2D eigenvalue weighted by molar-refractivity contribution is 1.18. The number of rotatable bonds is 7. The summed E-state index contributed by atoms with van der Waals surface area (Å²) in [5.74, 6) is 0.0349. The van der Waals surface area contributed by atoms with Gasteiger partial charge in [-0.3, -0.25) is 5.41 Å². The second-order valence-corrected chi connectivity index (χ2v) is 12.6. The number of fused-ring (bicyclic) bond motifs is 3. The molecular weight excluding hydrogens is 669 g/mol. The van der Waals surface area contributed by atoms with Crippen LogP contribution in [0.1, 0.15) is 33.1 Å². The van der Waals surface area contributed by atoms with Gasteiger partial charge in [-0.1, -0.05) is 170 Å². The third-order valence-corrected chi connectivity index (χ3v) is 9.11. The van der Waals surface area contributed by atoms with Gasteiger partial charge in [0, 0.05) is 33.8 Å². The Kier molecular flexibility index (Phi) is 6.12. The van der Waals surface area contributed by atoms with Gasteiger partial charge in [0.15, 0.2) is 11.7 Å². The van der Waals surface area contributed by atoms with Crippen molar-refractivity contribution in [3.05, 3.63) is 223 Å². The monoisotopic (exact) mass is 716 g/mol. The van der Waals surface area contributed by atoms with E-state index in [1.807, 2.05) is 48.5 Å². The number of aliphatic imine (C=N–C) groups is 2. The van der Waals surface area contributed by atoms with Gasteiger partial charge < -0.3 is 4.57 Å². The highest BCUT2D eigenvalue weighted by Crippen LogP contribution is 2.35. The number of hydrogen-bond acceptors (Lipinski definition) is 1. The summed E-state index contributed by atoms with van der Waals surface area (Å²) in [6.07, 6.45) is 1.62. The summed E-state index contributed by atoms with van der Waals surface area (Å²) in [5.41, 5.74) is 4.99. The zero-order valence-corrected chi connectivity index (χ0v) is 29.1. The lowest BCUT2D eigenvalue weighted by Gasteiger charge is -2.09. The molecule has 1 N–H and O–H groups in total. The first kappa shape index (κ1) is 22.6. The van der Waals surface area contributed by atoms with E-state index < -0.39 is 78.2 Å². The molecule has 0 saturated carbocycles. The minimum Gasteiger partial charge on any atom is -0.309 e. The van der Waals surface area contributed by atoms with Crippen molar-refractivity contribution < 1.29 is 16.4 Å². The predicted molar refractivity (Wildman–Crippen MR) is 231 cm³/mol. The summed E-state index contributed by atoms with van der Waals surface area (Å²) < 4.78 is 107. The van der Waals surface area contributed by atoms with Gasteiger partial charge in [-0.25, -0.2) is 9.98 Å². The molecule has 4 heteroatoms. The third kappa shape index (κ3) is 6.93. The highest BCUT2D eigenvalue weighted by atomic mass is 15.0. The lowest BCUT2D eigenvalue weighted by atomic mass is 10.00. The highest BCUT2D eigenvalue weighted by molar-refractivity contribution is 6.14. The van der Waals surface area contributed by atoms with Gasteiger partial charge in [-0.15, -0.1) is 0 Å². The molecule has 0 unspecified atom stereocenters. The van der Waals surface area contributed by atoms with Crippen molar-refractivity contribution in [1.82, 2.24) is 4.57 Å². The molecule has 55 heavy (non-hydrogen) atoms. The minimum absolute atomic E-state index is 0.0827. The zero-order chi connectivity index (χ0) is 47.4. The molecule has 0 aliphatic rings. The van der Waals surface area contributed by atoms with E-state index in [1.165, 1.54) is 0 Å². The second-order valence-electron chi connectivity index (χ2n) is 12.6. The normalized spacial score (nSPS) is 14.8. The summed E-state index contributed by atoms with van der Waals surface area (Å²) in [4.78, 5) is 9.40. The second kappa shape index (κ2) is 14.9. The lowest BCUT2D eigenvalue weighted by Crippen LogP contribution is -2.05. The van der Waals surface area contributed by atoms with E-state index in [0.29, 0.717) is 11.1 Å². The Morgan fingerprint density at radius 3 is 1.82 bits per heavy atom. The van der Waals surface area contributed by atoms with Crippen LogP contribution in [0.4, 0.5) is 0 Å². The van der Waals surface area contributed by atoms with Crippen LogP contribution in [0.15, 0.2) is 216 Å². The molecule has 0 aliphatic carbocycles. The number of amidine groups is 2. The molecule has 1 heterocycles. The average molecular weight is 717 g/mol. The maximum Gasteiger partial charge on any atom is 0.161 e. The summed E-state index contributed by atoms with van der Waals surface area (Å²) >= 11 is 0. The predicted octanol–water partition coefficient (Wildman–Crippen LogP) is 12.7. The van der Waals surface area contributed by atoms with Gasteiger partial charge in [-0.05, 0) is 75.2 Å². The van der Waals surface area contributed by atoms with Gasteiger partial charge in [0.05, 0.1) is 27.5 Å². The summed E-state index contributed by atoms with van der Waals surface area (Å²) in [7, 11) is 0. The largest absolute Gasteiger partial charge is 0.309 e. The maximum absolute atomic E-state index is 9.65. The van der Waals surface area contributed by atoms with Crippen LogP contribution in [0.2, 0.25) is 0 Å². The van der Waals surface area contributed by atoms with Crippen LogP contribution in [0, 0.1) is 5.41 Å². The van der Waals surface area contributed by atoms with Gasteiger partial charge in [0.1, 0.15) is 0 Å². The Bertz CT molecular complexity index is 3510. The van der Waals surface area contributed by atoms with Crippen molar-refractivity contribution in [3.8, 4) is 39.1 Å². The van der Waals surface area contributed by atoms with E-state index in [4.69, 9.17) is 22.7 Å². The van der Waals surface area contributed by atoms with E-state index in [9.17, 15) is 4.11 Å². The molecule has 9 rings (SSSR count). The Balaban J connectivity index is 1.18. The molecule has 0 bridgehead atoms. The maximum atomic E-state index is 9.65. The summed E-state index contributed by atoms with van der Waals surface area (Å²) in [5, 5.41) is 8.51. The fourth-order valence-electron chi connectivity index (χ4n) is 6.37. The molecule has 8 aromatic carbocycles. The molecule has 9 aromatic rings. The van der Waals surface area contributed by atoms with Crippen molar-refractivity contribution in [2.75, 3.05) is 0 Å². The fraction of sp³-hybridized carbons (Fsp3) is 0. The van der Waals surface area contributed by atoms with Crippen molar-refractivity contribution >= 4 is 39.7 Å². The van der Waals surface area contributed by atoms with Crippen molar-refractivity contribution in [2.45, 2.75) is 0 Å². The van der Waals surface area contributed by atoms with E-state index in [1.54, 1.807) is 54.7 Å². The van der Waals surface area contributed by atoms with Crippen molar-refractivity contribution in [3.63, 3.8) is 0 Å². The van der Waals surface area contributed by atoms with Crippen LogP contribution in [0.25, 0.3) is 60.9 Å². The Morgan fingerprint density at radius 2 is 1.09 bits per heavy atom. The Hall–Kier alpha value is -7.43. The Morgan fingerprint density at radius 1 is 0.509 bits per heavy atom. The highest BCUT2D eigenvalue weighted by Gasteiger charge is 2.14. The molecule has 0 fully saturated rings. The number of benzene rings is 8. The molecule has 1 aromatic heterocycles. The molecular formula is C51H36N4. The molecule has 0 amide bonds. The minimum atomic E-state index is -0.716. The average Bonchev–Trinajstić information content (AvgIpc) is 3.71. The first-order valence-electron chi connectivity index (χ1n) is 23.4. The van der Waals surface area contributed by atoms with E-state index in [0.717, 1.165) is 32.4 Å². The van der Waals surface area contributed by atoms with E-state index in [-0.39, 0.29) is 44.6 Å². The van der Waals surface area contributed by atoms with E-state index in [2.05, 4.69) is 41.4 Å². The molecule has 0 aliphatic heterocycles. The van der Waals surface area contributed by atoms with Crippen LogP contribution in [0.5, 0.6) is 0 Å². The van der Waals surface area contributed by atoms with Crippen LogP contribution in [0.3, 0.4) is 0 Å². The molecule has 0 saturated heterocycles. The van der Waals surface area contributed by atoms with Gasteiger partial charge >= 0.3 is 0 Å². The molecule has 0 radical (unpaired) electrons. The van der Waals surface area contributed by atoms with Crippen molar-refractivity contribution in [2.24, 2.45) is 9.98 Å². The quantitative estimate of drug-likeness (QED) is 0.126. The number of para-hydroxylation sites is 2. The van der Waals surface area contributed by atoms with Crippen molar-refractivity contribution in [1.29, 1.82) is 5.41 Å². The first-order valence-corrected chi connectivity index (χ1v) is 17.4. The fourth-order valence-corrected chi connectivity index (χ4v) is 6.37. The topological polar surface area (TPSA) is 53.5 Å². The third-order valence-electron chi connectivity index (χ3n) is 9.11. The zero-order valence-electron chi connectivity index (χ0n) is 41.1. The molecule has 4 nitrogen and oxygen atoms in total. The van der Waals surface area contributed by atoms with E-state index >= 15 is 0 Å². The Labute approximate surface area is 337 Å². The number of nitrogens with zero attached hydrogens (tertiary/aromatic N) is 3. The number of hydrogen-bond donors (Lipinski definition) is 1. The van der Waals surface area contributed by atoms with Crippen LogP contribution < -0.4 is 0 Å². The van der Waals surface area contributed by atoms with Crippen LogP contribution >= 0.6 is 0 Å². The first-order chi connectivity index (χ1) is 32.2. The SMILES string of the molecule is [2H]c1c([2H])c([2H])c(-n2c3c([2H])c([2H])c([2H])c([2H])c3c3c([2H])c(-c4cccc(C(N=Cc5ccc(-c6ccc(-c7ccccc7)cc6)cc5)=NC(=N)c5ccccc5)c4)c([2H])c([2H])c32)c([2H])c1[2H]. The van der Waals surface area contributed by atoms with Gasteiger partial charge in [0.25, 0.3) is 0 Å². The molecule has 260 valence electrons. The van der Waals surface area contributed by atoms with Gasteiger partial charge in [0.2, 0.25) is 0 Å². The van der Waals surface area contributed by atoms with Crippen LogP contribution in [-0.4, -0.2) is 22.5 Å². The smallest absolute Gasteiger partial charge is 0.161 e. The summed E-state index contributed by atoms with van der Waals surface area (Å²) in [6.45, 7) is 0. The number of nitrogens with one attached hydrogen (secondary N) is 1. The van der Waals surface area contributed by atoms with Crippen LogP contribution in [-0.2, 0) is 0 Å². The number of aromatic nitrogens is 1. The summed E-state index contributed by atoms with van der Waals surface area (Å²) in [6, 6.07) is 34.2. The standard InChI is InChI=1S/C51H36N4/c52-50(41-15-6-2-7-16-41)54-51(53-35-36-23-25-38(26-24-36)40-29-27-39(28-30-40)37-13-4-1-5-14-37)44-18-12-17-42(33-44)43-31-32-49-47(34-43)46-21-10-11-22-48(46)55(49)45-19-8-3-9-20-45/h1-35,52H/i3D,8D,9D,10D,11D,19D,20D,21D,22D,31D,32D,34D. The molecule has 0 spiro atoms. The van der Waals surface area contributed by atoms with Gasteiger partial charge in [-0.2, -0.15) is 0 Å².